The second kappa shape index (κ2) is 5.94. The molecule has 0 amide bonds. The zero-order chi connectivity index (χ0) is 15.6. The van der Waals surface area contributed by atoms with Gasteiger partial charge >= 0.3 is 0 Å². The van der Waals surface area contributed by atoms with Gasteiger partial charge in [-0.05, 0) is 12.8 Å². The van der Waals surface area contributed by atoms with E-state index in [1.54, 1.807) is 7.05 Å². The number of anilines is 1. The van der Waals surface area contributed by atoms with Gasteiger partial charge in [0.15, 0.2) is 0 Å². The molecule has 2 aromatic heterocycles. The number of hydrogen-bond donors (Lipinski definition) is 1. The van der Waals surface area contributed by atoms with Gasteiger partial charge in [-0.3, -0.25) is 0 Å². The maximum atomic E-state index is 12.2. The normalized spacial score (nSPS) is 11.6. The van der Waals surface area contributed by atoms with Crippen LogP contribution in [0, 0.1) is 0 Å². The predicted octanol–water partition coefficient (Wildman–Crippen LogP) is 1.18. The van der Waals surface area contributed by atoms with Crippen LogP contribution in [0.4, 0.5) is 5.95 Å². The summed E-state index contributed by atoms with van der Waals surface area (Å²) in [6, 6.07) is 0. The van der Waals surface area contributed by atoms with E-state index >= 15 is 0 Å². The third-order valence-electron chi connectivity index (χ3n) is 2.82. The summed E-state index contributed by atoms with van der Waals surface area (Å²) in [5.41, 5.74) is 1.45. The summed E-state index contributed by atoms with van der Waals surface area (Å²) in [7, 11) is -2.35. The van der Waals surface area contributed by atoms with E-state index in [0.29, 0.717) is 18.5 Å². The molecule has 0 aromatic carbocycles. The highest BCUT2D eigenvalue weighted by atomic mass is 35.5. The summed E-state index contributed by atoms with van der Waals surface area (Å²) >= 11 is 5.89. The lowest BCUT2D eigenvalue weighted by molar-refractivity contribution is 0.597. The van der Waals surface area contributed by atoms with Crippen LogP contribution in [0.2, 0.25) is 5.15 Å². The van der Waals surface area contributed by atoms with E-state index in [4.69, 9.17) is 11.6 Å². The summed E-state index contributed by atoms with van der Waals surface area (Å²) in [6.45, 7) is 3.85. The molecule has 114 valence electrons. The number of nitrogens with one attached hydrogen (secondary N) is 1. The molecule has 2 heterocycles. The minimum absolute atomic E-state index is 0.0105. The van der Waals surface area contributed by atoms with Crippen LogP contribution in [0.25, 0.3) is 0 Å². The van der Waals surface area contributed by atoms with Gasteiger partial charge in [-0.25, -0.2) is 14.7 Å². The van der Waals surface area contributed by atoms with Crippen LogP contribution in [-0.4, -0.2) is 33.2 Å². The Morgan fingerprint density at radius 2 is 1.90 bits per heavy atom. The first-order chi connectivity index (χ1) is 9.89. The van der Waals surface area contributed by atoms with Gasteiger partial charge in [0.2, 0.25) is 5.03 Å². The van der Waals surface area contributed by atoms with E-state index < -0.39 is 10.0 Å². The van der Waals surface area contributed by atoms with Crippen LogP contribution in [0.15, 0.2) is 11.4 Å². The van der Waals surface area contributed by atoms with Gasteiger partial charge in [-0.2, -0.15) is 8.42 Å². The summed E-state index contributed by atoms with van der Waals surface area (Å²) in [5, 5.41) is 7.49. The minimum atomic E-state index is -3.95. The highest BCUT2D eigenvalue weighted by Gasteiger charge is 2.24. The SMILES string of the molecule is CCc1nnc(NS(=O)(=O)c2ncn(C)c2Cl)nc1CC. The first-order valence-electron chi connectivity index (χ1n) is 6.31. The molecule has 2 rings (SSSR count). The van der Waals surface area contributed by atoms with E-state index in [2.05, 4.69) is 24.9 Å². The molecule has 0 atom stereocenters. The van der Waals surface area contributed by atoms with Crippen molar-refractivity contribution in [1.29, 1.82) is 0 Å². The molecule has 0 aliphatic rings. The lowest BCUT2D eigenvalue weighted by Crippen LogP contribution is -2.18. The zero-order valence-corrected chi connectivity index (χ0v) is 13.4. The fourth-order valence-corrected chi connectivity index (χ4v) is 3.10. The Hall–Kier alpha value is -1.74. The van der Waals surface area contributed by atoms with Gasteiger partial charge in [0.1, 0.15) is 5.15 Å². The number of rotatable bonds is 5. The molecule has 0 aliphatic heterocycles. The summed E-state index contributed by atoms with van der Waals surface area (Å²) in [6.07, 6.45) is 2.63. The van der Waals surface area contributed by atoms with Crippen molar-refractivity contribution in [2.45, 2.75) is 31.7 Å². The maximum absolute atomic E-state index is 12.2. The molecule has 0 fully saturated rings. The highest BCUT2D eigenvalue weighted by molar-refractivity contribution is 7.92. The molecule has 10 heteroatoms. The Labute approximate surface area is 127 Å². The average molecular weight is 331 g/mol. The van der Waals surface area contributed by atoms with Gasteiger partial charge in [0.05, 0.1) is 17.7 Å². The lowest BCUT2D eigenvalue weighted by atomic mass is 10.2. The zero-order valence-electron chi connectivity index (χ0n) is 11.8. The number of imidazole rings is 1. The number of halogens is 1. The molecule has 1 N–H and O–H groups in total. The molecule has 2 aromatic rings. The van der Waals surface area contributed by atoms with Crippen LogP contribution >= 0.6 is 11.6 Å². The monoisotopic (exact) mass is 330 g/mol. The quantitative estimate of drug-likeness (QED) is 0.883. The third-order valence-corrected chi connectivity index (χ3v) is 4.64. The van der Waals surface area contributed by atoms with E-state index in [0.717, 1.165) is 5.69 Å². The fourth-order valence-electron chi connectivity index (χ4n) is 1.72. The van der Waals surface area contributed by atoms with E-state index in [1.807, 2.05) is 13.8 Å². The Morgan fingerprint density at radius 1 is 1.24 bits per heavy atom. The standard InChI is InChI=1S/C11H15ClN6O2S/c1-4-7-8(5-2)15-16-11(14-7)17-21(19,20)10-9(12)18(3)6-13-10/h6H,4-5H2,1-3H3,(H,14,16,17). The van der Waals surface area contributed by atoms with Crippen molar-refractivity contribution >= 4 is 27.6 Å². The average Bonchev–Trinajstić information content (AvgIpc) is 2.79. The van der Waals surface area contributed by atoms with Crippen LogP contribution in [0.3, 0.4) is 0 Å². The first-order valence-corrected chi connectivity index (χ1v) is 8.17. The van der Waals surface area contributed by atoms with Gasteiger partial charge in [0, 0.05) is 7.05 Å². The van der Waals surface area contributed by atoms with Crippen LogP contribution in [0.1, 0.15) is 25.2 Å². The van der Waals surface area contributed by atoms with Crippen LogP contribution in [0.5, 0.6) is 0 Å². The minimum Gasteiger partial charge on any atom is -0.324 e. The highest BCUT2D eigenvalue weighted by Crippen LogP contribution is 2.20. The van der Waals surface area contributed by atoms with Gasteiger partial charge < -0.3 is 4.57 Å². The molecular formula is C11H15ClN6O2S. The fraction of sp³-hybridized carbons (Fsp3) is 0.455. The number of nitrogens with zero attached hydrogens (tertiary/aromatic N) is 5. The van der Waals surface area contributed by atoms with Crippen molar-refractivity contribution in [3.05, 3.63) is 22.9 Å². The molecule has 21 heavy (non-hydrogen) atoms. The van der Waals surface area contributed by atoms with Crippen molar-refractivity contribution in [3.8, 4) is 0 Å². The Kier molecular flexibility index (Phi) is 4.43. The maximum Gasteiger partial charge on any atom is 0.284 e. The van der Waals surface area contributed by atoms with Crippen LogP contribution < -0.4 is 4.72 Å². The van der Waals surface area contributed by atoms with Crippen molar-refractivity contribution in [2.24, 2.45) is 7.05 Å². The van der Waals surface area contributed by atoms with Gasteiger partial charge in [-0.15, -0.1) is 10.2 Å². The summed E-state index contributed by atoms with van der Waals surface area (Å²) in [4.78, 5) is 7.93. The molecule has 0 saturated heterocycles. The number of aryl methyl sites for hydroxylation is 3. The predicted molar refractivity (Wildman–Crippen MR) is 77.6 cm³/mol. The molecule has 0 radical (unpaired) electrons. The third kappa shape index (κ3) is 3.13. The topological polar surface area (TPSA) is 103 Å². The summed E-state index contributed by atoms with van der Waals surface area (Å²) in [5.74, 6) is -0.0919. The molecule has 0 saturated carbocycles. The van der Waals surface area contributed by atoms with Crippen molar-refractivity contribution < 1.29 is 8.42 Å². The van der Waals surface area contributed by atoms with Crippen LogP contribution in [-0.2, 0) is 29.9 Å². The van der Waals surface area contributed by atoms with Crippen molar-refractivity contribution in [2.75, 3.05) is 4.72 Å². The molecule has 0 unspecified atom stereocenters. The molecule has 0 aliphatic carbocycles. The Balaban J connectivity index is 2.35. The molecule has 0 spiro atoms. The molecule has 8 nitrogen and oxygen atoms in total. The summed E-state index contributed by atoms with van der Waals surface area (Å²) < 4.78 is 28.1. The van der Waals surface area contributed by atoms with Gasteiger partial charge in [0.25, 0.3) is 16.0 Å². The van der Waals surface area contributed by atoms with Gasteiger partial charge in [-0.1, -0.05) is 25.4 Å². The lowest BCUT2D eigenvalue weighted by Gasteiger charge is -2.07. The Morgan fingerprint density at radius 3 is 2.43 bits per heavy atom. The van der Waals surface area contributed by atoms with E-state index in [1.165, 1.54) is 10.9 Å². The Bertz CT molecular complexity index is 758. The largest absolute Gasteiger partial charge is 0.324 e. The molecule has 0 bridgehead atoms. The smallest absolute Gasteiger partial charge is 0.284 e. The number of sulfonamides is 1. The second-order valence-corrected chi connectivity index (χ2v) is 6.25. The first kappa shape index (κ1) is 15.6. The number of hydrogen-bond acceptors (Lipinski definition) is 6. The van der Waals surface area contributed by atoms with E-state index in [9.17, 15) is 8.42 Å². The van der Waals surface area contributed by atoms with Crippen molar-refractivity contribution in [1.82, 2.24) is 24.7 Å². The number of aromatic nitrogens is 5. The molecular weight excluding hydrogens is 316 g/mol. The van der Waals surface area contributed by atoms with Crippen molar-refractivity contribution in [3.63, 3.8) is 0 Å². The second-order valence-electron chi connectivity index (χ2n) is 4.29. The van der Waals surface area contributed by atoms with E-state index in [-0.39, 0.29) is 16.1 Å².